The second-order valence-electron chi connectivity index (χ2n) is 5.66. The molecule has 1 heterocycles. The number of amides is 2. The average molecular weight is 270 g/mol. The molecule has 1 saturated heterocycles. The Balaban J connectivity index is 2.88. The van der Waals surface area contributed by atoms with Crippen LogP contribution in [0.3, 0.4) is 0 Å². The molecule has 0 aromatic carbocycles. The lowest BCUT2D eigenvalue weighted by Crippen LogP contribution is -2.54. The number of rotatable bonds is 3. The molecule has 1 aliphatic rings. The van der Waals surface area contributed by atoms with Crippen molar-refractivity contribution >= 4 is 17.8 Å². The van der Waals surface area contributed by atoms with Gasteiger partial charge >= 0.3 is 5.97 Å². The van der Waals surface area contributed by atoms with Crippen LogP contribution in [-0.4, -0.2) is 48.9 Å². The Morgan fingerprint density at radius 2 is 2.05 bits per heavy atom. The van der Waals surface area contributed by atoms with Gasteiger partial charge in [-0.2, -0.15) is 0 Å². The molecule has 0 saturated carbocycles. The van der Waals surface area contributed by atoms with Crippen LogP contribution in [0.25, 0.3) is 0 Å². The number of hydrogen-bond acceptors (Lipinski definition) is 4. The van der Waals surface area contributed by atoms with Crippen molar-refractivity contribution in [3.63, 3.8) is 0 Å². The number of hydrogen-bond donors (Lipinski definition) is 1. The maximum absolute atomic E-state index is 12.5. The summed E-state index contributed by atoms with van der Waals surface area (Å²) in [5, 5.41) is 2.65. The molecular formula is C13H22N2O4. The number of nitrogens with zero attached hydrogens (tertiary/aromatic N) is 1. The zero-order valence-electron chi connectivity index (χ0n) is 12.0. The summed E-state index contributed by atoms with van der Waals surface area (Å²) in [6.45, 7) is 8.24. The molecule has 0 aromatic rings. The molecule has 6 nitrogen and oxygen atoms in total. The van der Waals surface area contributed by atoms with Gasteiger partial charge in [-0.3, -0.25) is 14.4 Å². The number of carbonyl (C=O) groups excluding carboxylic acids is 3. The van der Waals surface area contributed by atoms with Gasteiger partial charge in [0.1, 0.15) is 5.92 Å². The normalized spacial score (nSPS) is 17.7. The molecule has 0 aromatic heterocycles. The first-order chi connectivity index (χ1) is 8.77. The van der Waals surface area contributed by atoms with Crippen LogP contribution in [0.1, 0.15) is 27.7 Å². The fourth-order valence-electron chi connectivity index (χ4n) is 2.06. The predicted octanol–water partition coefficient (Wildman–Crippen LogP) is 0.170. The van der Waals surface area contributed by atoms with Gasteiger partial charge in [-0.15, -0.1) is 0 Å². The third kappa shape index (κ3) is 3.94. The van der Waals surface area contributed by atoms with E-state index < -0.39 is 17.3 Å². The Morgan fingerprint density at radius 1 is 1.42 bits per heavy atom. The van der Waals surface area contributed by atoms with Crippen molar-refractivity contribution in [2.24, 2.45) is 11.3 Å². The van der Waals surface area contributed by atoms with E-state index in [0.717, 1.165) is 0 Å². The first-order valence-corrected chi connectivity index (χ1v) is 6.49. The monoisotopic (exact) mass is 270 g/mol. The number of carbonyl (C=O) groups is 3. The molecule has 1 atom stereocenters. The molecule has 6 heteroatoms. The minimum Gasteiger partial charge on any atom is -0.465 e. The van der Waals surface area contributed by atoms with Gasteiger partial charge in [0.15, 0.2) is 0 Å². The van der Waals surface area contributed by atoms with Gasteiger partial charge in [0.05, 0.1) is 13.2 Å². The fourth-order valence-corrected chi connectivity index (χ4v) is 2.06. The van der Waals surface area contributed by atoms with Crippen molar-refractivity contribution in [1.29, 1.82) is 0 Å². The van der Waals surface area contributed by atoms with Crippen molar-refractivity contribution in [3.8, 4) is 0 Å². The summed E-state index contributed by atoms with van der Waals surface area (Å²) >= 11 is 0. The Kier molecular flexibility index (Phi) is 4.91. The summed E-state index contributed by atoms with van der Waals surface area (Å²) < 4.78 is 4.98. The van der Waals surface area contributed by atoms with E-state index in [4.69, 9.17) is 4.74 Å². The van der Waals surface area contributed by atoms with Crippen LogP contribution in [0.4, 0.5) is 0 Å². The molecule has 1 aliphatic heterocycles. The number of esters is 1. The molecule has 0 aliphatic carbocycles. The van der Waals surface area contributed by atoms with Gasteiger partial charge in [0, 0.05) is 13.1 Å². The van der Waals surface area contributed by atoms with E-state index in [1.807, 2.05) is 20.8 Å². The Bertz CT molecular complexity index is 373. The molecule has 0 radical (unpaired) electrons. The Morgan fingerprint density at radius 3 is 2.53 bits per heavy atom. The van der Waals surface area contributed by atoms with Crippen molar-refractivity contribution in [3.05, 3.63) is 0 Å². The highest BCUT2D eigenvalue weighted by molar-refractivity contribution is 6.00. The minimum absolute atomic E-state index is 0.00478. The van der Waals surface area contributed by atoms with Gasteiger partial charge in [-0.05, 0) is 12.3 Å². The van der Waals surface area contributed by atoms with Gasteiger partial charge < -0.3 is 15.0 Å². The lowest BCUT2D eigenvalue weighted by atomic mass is 9.79. The maximum Gasteiger partial charge on any atom is 0.319 e. The highest BCUT2D eigenvalue weighted by Crippen LogP contribution is 2.29. The molecule has 0 bridgehead atoms. The lowest BCUT2D eigenvalue weighted by Gasteiger charge is -2.34. The van der Waals surface area contributed by atoms with Gasteiger partial charge in [-0.1, -0.05) is 20.8 Å². The van der Waals surface area contributed by atoms with E-state index in [1.54, 1.807) is 6.92 Å². The van der Waals surface area contributed by atoms with Crippen molar-refractivity contribution < 1.29 is 19.1 Å². The van der Waals surface area contributed by atoms with E-state index in [1.165, 1.54) is 4.90 Å². The lowest BCUT2D eigenvalue weighted by molar-refractivity contribution is -0.161. The van der Waals surface area contributed by atoms with Crippen LogP contribution in [0, 0.1) is 11.3 Å². The van der Waals surface area contributed by atoms with Crippen molar-refractivity contribution in [1.82, 2.24) is 10.2 Å². The molecule has 0 spiro atoms. The van der Waals surface area contributed by atoms with Crippen LogP contribution >= 0.6 is 0 Å². The number of nitrogens with one attached hydrogen (secondary N) is 1. The van der Waals surface area contributed by atoms with E-state index in [0.29, 0.717) is 13.1 Å². The third-order valence-corrected chi connectivity index (χ3v) is 2.99. The summed E-state index contributed by atoms with van der Waals surface area (Å²) in [5.74, 6) is -1.93. The second kappa shape index (κ2) is 6.04. The van der Waals surface area contributed by atoms with E-state index >= 15 is 0 Å². The van der Waals surface area contributed by atoms with Gasteiger partial charge in [-0.25, -0.2) is 0 Å². The van der Waals surface area contributed by atoms with Crippen LogP contribution in [0.5, 0.6) is 0 Å². The van der Waals surface area contributed by atoms with E-state index in [-0.39, 0.29) is 25.0 Å². The number of piperazine rings is 1. The zero-order valence-corrected chi connectivity index (χ0v) is 12.0. The SMILES string of the molecule is CCOC(=O)C(C(=O)N1CCNC(=O)C1)C(C)(C)C. The van der Waals surface area contributed by atoms with E-state index in [2.05, 4.69) is 5.32 Å². The van der Waals surface area contributed by atoms with Crippen LogP contribution in [-0.2, 0) is 19.1 Å². The minimum atomic E-state index is -0.877. The third-order valence-electron chi connectivity index (χ3n) is 2.99. The molecule has 2 amide bonds. The smallest absolute Gasteiger partial charge is 0.319 e. The molecular weight excluding hydrogens is 248 g/mol. The molecule has 19 heavy (non-hydrogen) atoms. The molecule has 108 valence electrons. The standard InChI is InChI=1S/C13H22N2O4/c1-5-19-12(18)10(13(2,3)4)11(17)15-7-6-14-9(16)8-15/h10H,5-8H2,1-4H3,(H,14,16). The largest absolute Gasteiger partial charge is 0.465 e. The van der Waals surface area contributed by atoms with Crippen molar-refractivity contribution in [2.45, 2.75) is 27.7 Å². The Labute approximate surface area is 113 Å². The molecule has 1 N–H and O–H groups in total. The summed E-state index contributed by atoms with van der Waals surface area (Å²) in [7, 11) is 0. The topological polar surface area (TPSA) is 75.7 Å². The van der Waals surface area contributed by atoms with Crippen LogP contribution in [0.2, 0.25) is 0 Å². The molecule has 1 rings (SSSR count). The maximum atomic E-state index is 12.5. The first kappa shape index (κ1) is 15.5. The quantitative estimate of drug-likeness (QED) is 0.586. The summed E-state index contributed by atoms with van der Waals surface area (Å²) in [5.41, 5.74) is -0.544. The summed E-state index contributed by atoms with van der Waals surface area (Å²) in [6, 6.07) is 0. The van der Waals surface area contributed by atoms with Gasteiger partial charge in [0.2, 0.25) is 11.8 Å². The van der Waals surface area contributed by atoms with E-state index in [9.17, 15) is 14.4 Å². The zero-order chi connectivity index (χ0) is 14.6. The Hall–Kier alpha value is -1.59. The molecule has 1 fully saturated rings. The highest BCUT2D eigenvalue weighted by Gasteiger charge is 2.42. The fraction of sp³-hybridized carbons (Fsp3) is 0.769. The number of ether oxygens (including phenoxy) is 1. The summed E-state index contributed by atoms with van der Waals surface area (Å²) in [6.07, 6.45) is 0. The highest BCUT2D eigenvalue weighted by atomic mass is 16.5. The average Bonchev–Trinajstić information content (AvgIpc) is 2.27. The summed E-state index contributed by atoms with van der Waals surface area (Å²) in [4.78, 5) is 37.2. The van der Waals surface area contributed by atoms with Gasteiger partial charge in [0.25, 0.3) is 0 Å². The first-order valence-electron chi connectivity index (χ1n) is 6.49. The predicted molar refractivity (Wildman–Crippen MR) is 69.2 cm³/mol. The second-order valence-corrected chi connectivity index (χ2v) is 5.66. The van der Waals surface area contributed by atoms with Crippen molar-refractivity contribution in [2.75, 3.05) is 26.2 Å². The molecule has 1 unspecified atom stereocenters. The van der Waals surface area contributed by atoms with Crippen LogP contribution < -0.4 is 5.32 Å². The van der Waals surface area contributed by atoms with Crippen LogP contribution in [0.15, 0.2) is 0 Å².